The number of phenols is 1. The van der Waals surface area contributed by atoms with Crippen molar-refractivity contribution in [3.05, 3.63) is 28.8 Å². The quantitative estimate of drug-likeness (QED) is 0.752. The molecule has 0 bridgehead atoms. The predicted molar refractivity (Wildman–Crippen MR) is 61.1 cm³/mol. The van der Waals surface area contributed by atoms with Gasteiger partial charge in [-0.3, -0.25) is 4.79 Å². The van der Waals surface area contributed by atoms with E-state index in [2.05, 4.69) is 0 Å². The molecule has 0 aliphatic heterocycles. The lowest BCUT2D eigenvalue weighted by molar-refractivity contribution is -0.142. The molecule has 0 amide bonds. The Balaban J connectivity index is 3.04. The highest BCUT2D eigenvalue weighted by Gasteiger charge is 2.14. The number of nitrogens with two attached hydrogens (primary N) is 1. The summed E-state index contributed by atoms with van der Waals surface area (Å²) in [6.45, 7) is 2.15. The minimum Gasteiger partial charge on any atom is -0.506 e. The predicted octanol–water partition coefficient (Wildman–Crippen LogP) is 0.828. The van der Waals surface area contributed by atoms with Crippen molar-refractivity contribution in [1.29, 1.82) is 5.26 Å². The minimum absolute atomic E-state index is 0.0563. The molecule has 17 heavy (non-hydrogen) atoms. The highest BCUT2D eigenvalue weighted by atomic mass is 16.5. The number of ether oxygens (including phenoxy) is 1. The average molecular weight is 234 g/mol. The van der Waals surface area contributed by atoms with Crippen LogP contribution in [0.3, 0.4) is 0 Å². The first-order chi connectivity index (χ1) is 8.13. The minimum atomic E-state index is -0.438. The van der Waals surface area contributed by atoms with E-state index < -0.39 is 5.97 Å². The number of esters is 1. The van der Waals surface area contributed by atoms with Crippen molar-refractivity contribution in [2.75, 3.05) is 6.61 Å². The van der Waals surface area contributed by atoms with Gasteiger partial charge in [0.05, 0.1) is 18.6 Å². The topological polar surface area (TPSA) is 96.3 Å². The average Bonchev–Trinajstić information content (AvgIpc) is 2.31. The van der Waals surface area contributed by atoms with Crippen molar-refractivity contribution in [3.8, 4) is 11.8 Å². The number of phenolic OH excluding ortho intramolecular Hbond substituents is 1. The van der Waals surface area contributed by atoms with Crippen molar-refractivity contribution in [1.82, 2.24) is 0 Å². The molecule has 1 rings (SSSR count). The molecule has 0 saturated heterocycles. The number of carbonyl (C=O) groups excluding carboxylic acids is 1. The molecule has 1 aromatic rings. The highest BCUT2D eigenvalue weighted by molar-refractivity contribution is 5.74. The fraction of sp³-hybridized carbons (Fsp3) is 0.333. The first-order valence-electron chi connectivity index (χ1n) is 5.23. The van der Waals surface area contributed by atoms with Gasteiger partial charge in [-0.2, -0.15) is 5.26 Å². The molecule has 3 N–H and O–H groups in total. The number of aromatic hydroxyl groups is 1. The molecule has 0 spiro atoms. The van der Waals surface area contributed by atoms with E-state index in [1.165, 1.54) is 0 Å². The van der Waals surface area contributed by atoms with Gasteiger partial charge in [0.25, 0.3) is 0 Å². The van der Waals surface area contributed by atoms with Gasteiger partial charge in [-0.05, 0) is 12.5 Å². The zero-order chi connectivity index (χ0) is 12.8. The lowest BCUT2D eigenvalue weighted by Gasteiger charge is -2.08. The van der Waals surface area contributed by atoms with Gasteiger partial charge in [-0.25, -0.2) is 0 Å². The van der Waals surface area contributed by atoms with E-state index in [1.54, 1.807) is 19.1 Å². The fourth-order valence-corrected chi connectivity index (χ4v) is 1.48. The molecule has 5 heteroatoms. The second-order valence-electron chi connectivity index (χ2n) is 3.41. The van der Waals surface area contributed by atoms with Gasteiger partial charge < -0.3 is 15.6 Å². The SMILES string of the molecule is CCOC(=O)Cc1ccc(CN)c(C#N)c1O. The molecule has 0 aliphatic carbocycles. The van der Waals surface area contributed by atoms with Crippen molar-refractivity contribution in [2.45, 2.75) is 19.9 Å². The van der Waals surface area contributed by atoms with Gasteiger partial charge in [0.1, 0.15) is 11.8 Å². The Kier molecular flexibility index (Phi) is 4.49. The largest absolute Gasteiger partial charge is 0.506 e. The molecule has 90 valence electrons. The number of rotatable bonds is 4. The summed E-state index contributed by atoms with van der Waals surface area (Å²) in [5.74, 6) is -0.629. The number of nitrogens with zero attached hydrogens (tertiary/aromatic N) is 1. The van der Waals surface area contributed by atoms with Crippen LogP contribution in [-0.4, -0.2) is 17.7 Å². The highest BCUT2D eigenvalue weighted by Crippen LogP contribution is 2.25. The molecular weight excluding hydrogens is 220 g/mol. The maximum atomic E-state index is 11.3. The smallest absolute Gasteiger partial charge is 0.310 e. The van der Waals surface area contributed by atoms with Crippen LogP contribution in [0, 0.1) is 11.3 Å². The van der Waals surface area contributed by atoms with Crippen LogP contribution in [-0.2, 0) is 22.5 Å². The molecule has 0 atom stereocenters. The van der Waals surface area contributed by atoms with E-state index in [4.69, 9.17) is 15.7 Å². The fourth-order valence-electron chi connectivity index (χ4n) is 1.48. The zero-order valence-electron chi connectivity index (χ0n) is 9.56. The summed E-state index contributed by atoms with van der Waals surface area (Å²) in [4.78, 5) is 11.3. The van der Waals surface area contributed by atoms with Crippen molar-refractivity contribution < 1.29 is 14.6 Å². The Labute approximate surface area is 99.4 Å². The summed E-state index contributed by atoms with van der Waals surface area (Å²) in [5, 5.41) is 18.7. The summed E-state index contributed by atoms with van der Waals surface area (Å²) >= 11 is 0. The Hall–Kier alpha value is -2.06. The van der Waals surface area contributed by atoms with Crippen molar-refractivity contribution in [3.63, 3.8) is 0 Å². The maximum Gasteiger partial charge on any atom is 0.310 e. The summed E-state index contributed by atoms with van der Waals surface area (Å²) < 4.78 is 4.77. The van der Waals surface area contributed by atoms with Crippen molar-refractivity contribution >= 4 is 5.97 Å². The number of nitriles is 1. The molecule has 0 heterocycles. The van der Waals surface area contributed by atoms with Crippen LogP contribution in [0.1, 0.15) is 23.6 Å². The molecular formula is C12H14N2O3. The van der Waals surface area contributed by atoms with E-state index in [0.29, 0.717) is 11.1 Å². The van der Waals surface area contributed by atoms with Gasteiger partial charge in [-0.1, -0.05) is 12.1 Å². The van der Waals surface area contributed by atoms with Crippen LogP contribution >= 0.6 is 0 Å². The van der Waals surface area contributed by atoms with Gasteiger partial charge >= 0.3 is 5.97 Å². The summed E-state index contributed by atoms with van der Waals surface area (Å²) in [5.41, 5.74) is 6.49. The number of benzene rings is 1. The van der Waals surface area contributed by atoms with Crippen LogP contribution in [0.2, 0.25) is 0 Å². The van der Waals surface area contributed by atoms with Crippen molar-refractivity contribution in [2.24, 2.45) is 5.73 Å². The van der Waals surface area contributed by atoms with Gasteiger partial charge in [0, 0.05) is 12.1 Å². The second kappa shape index (κ2) is 5.87. The molecule has 0 saturated carbocycles. The first kappa shape index (κ1) is 13.0. The third-order valence-corrected chi connectivity index (χ3v) is 2.32. The first-order valence-corrected chi connectivity index (χ1v) is 5.23. The number of hydrogen-bond acceptors (Lipinski definition) is 5. The molecule has 0 radical (unpaired) electrons. The van der Waals surface area contributed by atoms with Crippen LogP contribution in [0.4, 0.5) is 0 Å². The van der Waals surface area contributed by atoms with Gasteiger partial charge in [0.15, 0.2) is 0 Å². The molecule has 0 aliphatic rings. The van der Waals surface area contributed by atoms with Gasteiger partial charge in [0.2, 0.25) is 0 Å². The summed E-state index contributed by atoms with van der Waals surface area (Å²) in [6, 6.07) is 5.09. The maximum absolute atomic E-state index is 11.3. The second-order valence-corrected chi connectivity index (χ2v) is 3.41. The standard InChI is InChI=1S/C12H14N2O3/c1-2-17-11(15)5-8-3-4-9(6-13)10(7-14)12(8)16/h3-4,16H,2,5-6,13H2,1H3. The lowest BCUT2D eigenvalue weighted by Crippen LogP contribution is -2.09. The van der Waals surface area contributed by atoms with Crippen LogP contribution in [0.5, 0.6) is 5.75 Å². The molecule has 1 aromatic carbocycles. The zero-order valence-corrected chi connectivity index (χ0v) is 9.56. The van der Waals surface area contributed by atoms with E-state index >= 15 is 0 Å². The Bertz CT molecular complexity index is 464. The Morgan fingerprint density at radius 2 is 2.18 bits per heavy atom. The summed E-state index contributed by atoms with van der Waals surface area (Å²) in [7, 11) is 0. The molecule has 0 fully saturated rings. The monoisotopic (exact) mass is 234 g/mol. The van der Waals surface area contributed by atoms with Crippen LogP contribution < -0.4 is 5.73 Å². The third kappa shape index (κ3) is 2.95. The van der Waals surface area contributed by atoms with Gasteiger partial charge in [-0.15, -0.1) is 0 Å². The lowest BCUT2D eigenvalue weighted by atomic mass is 10.0. The van der Waals surface area contributed by atoms with E-state index in [-0.39, 0.29) is 30.9 Å². The normalized spacial score (nSPS) is 9.71. The van der Waals surface area contributed by atoms with Crippen LogP contribution in [0.25, 0.3) is 0 Å². The Morgan fingerprint density at radius 1 is 1.53 bits per heavy atom. The summed E-state index contributed by atoms with van der Waals surface area (Å²) in [6.07, 6.45) is -0.0563. The molecule has 0 unspecified atom stereocenters. The number of hydrogen-bond donors (Lipinski definition) is 2. The number of carbonyl (C=O) groups is 1. The van der Waals surface area contributed by atoms with E-state index in [0.717, 1.165) is 0 Å². The van der Waals surface area contributed by atoms with E-state index in [1.807, 2.05) is 6.07 Å². The third-order valence-electron chi connectivity index (χ3n) is 2.32. The van der Waals surface area contributed by atoms with E-state index in [9.17, 15) is 9.90 Å². The molecule has 0 aromatic heterocycles. The Morgan fingerprint density at radius 3 is 2.71 bits per heavy atom. The van der Waals surface area contributed by atoms with Crippen LogP contribution in [0.15, 0.2) is 12.1 Å². The molecule has 5 nitrogen and oxygen atoms in total.